The van der Waals surface area contributed by atoms with Gasteiger partial charge in [0.25, 0.3) is 5.91 Å². The molecule has 1 fully saturated rings. The van der Waals surface area contributed by atoms with E-state index in [1.165, 1.54) is 0 Å². The van der Waals surface area contributed by atoms with Gasteiger partial charge in [-0.05, 0) is 31.5 Å². The first-order chi connectivity index (χ1) is 10.1. The maximum atomic E-state index is 12.5. The smallest absolute Gasteiger partial charge is 0.254 e. The summed E-state index contributed by atoms with van der Waals surface area (Å²) in [5.74, 6) is 1.51. The third-order valence-electron chi connectivity index (χ3n) is 4.19. The number of benzene rings is 1. The molecule has 114 valence electrons. The van der Waals surface area contributed by atoms with Crippen molar-refractivity contribution in [3.63, 3.8) is 0 Å². The van der Waals surface area contributed by atoms with Crippen LogP contribution < -0.4 is 9.47 Å². The molecule has 2 heterocycles. The first-order valence-corrected chi connectivity index (χ1v) is 7.52. The van der Waals surface area contributed by atoms with Crippen molar-refractivity contribution in [3.8, 4) is 11.5 Å². The van der Waals surface area contributed by atoms with Gasteiger partial charge >= 0.3 is 0 Å². The van der Waals surface area contributed by atoms with Gasteiger partial charge in [-0.2, -0.15) is 0 Å². The summed E-state index contributed by atoms with van der Waals surface area (Å²) in [4.78, 5) is 14.3. The van der Waals surface area contributed by atoms with Gasteiger partial charge in [0.05, 0.1) is 19.3 Å². The van der Waals surface area contributed by atoms with E-state index in [1.807, 2.05) is 0 Å². The van der Waals surface area contributed by atoms with Crippen LogP contribution in [0.15, 0.2) is 18.2 Å². The van der Waals surface area contributed by atoms with E-state index in [2.05, 4.69) is 0 Å². The maximum absolute atomic E-state index is 12.5. The SMILES string of the molecule is CC(O)C1CCN(C(=O)c2ccc3c(c2)OCCCO3)C1. The molecule has 1 saturated heterocycles. The van der Waals surface area contributed by atoms with Crippen LogP contribution in [-0.2, 0) is 0 Å². The molecule has 1 aromatic carbocycles. The van der Waals surface area contributed by atoms with Gasteiger partial charge in [0, 0.05) is 31.0 Å². The van der Waals surface area contributed by atoms with E-state index in [-0.39, 0.29) is 17.9 Å². The van der Waals surface area contributed by atoms with Gasteiger partial charge in [-0.15, -0.1) is 0 Å². The molecule has 2 unspecified atom stereocenters. The van der Waals surface area contributed by atoms with Crippen LogP contribution in [0.3, 0.4) is 0 Å². The Bertz CT molecular complexity index is 529. The van der Waals surface area contributed by atoms with Gasteiger partial charge in [-0.3, -0.25) is 4.79 Å². The molecule has 2 aliphatic heterocycles. The molecule has 1 aromatic rings. The quantitative estimate of drug-likeness (QED) is 0.901. The van der Waals surface area contributed by atoms with Gasteiger partial charge < -0.3 is 19.5 Å². The van der Waals surface area contributed by atoms with Crippen molar-refractivity contribution < 1.29 is 19.4 Å². The van der Waals surface area contributed by atoms with E-state index in [9.17, 15) is 9.90 Å². The second-order valence-corrected chi connectivity index (χ2v) is 5.75. The summed E-state index contributed by atoms with van der Waals surface area (Å²) < 4.78 is 11.2. The molecule has 0 saturated carbocycles. The predicted octanol–water partition coefficient (Wildman–Crippen LogP) is 1.69. The molecule has 5 nitrogen and oxygen atoms in total. The van der Waals surface area contributed by atoms with Crippen LogP contribution in [0.25, 0.3) is 0 Å². The van der Waals surface area contributed by atoms with E-state index >= 15 is 0 Å². The number of rotatable bonds is 2. The Kier molecular flexibility index (Phi) is 4.01. The topological polar surface area (TPSA) is 59.0 Å². The molecule has 21 heavy (non-hydrogen) atoms. The Labute approximate surface area is 124 Å². The minimum Gasteiger partial charge on any atom is -0.490 e. The highest BCUT2D eigenvalue weighted by Gasteiger charge is 2.30. The van der Waals surface area contributed by atoms with Gasteiger partial charge in [-0.25, -0.2) is 0 Å². The minimum absolute atomic E-state index is 0.00574. The first kappa shape index (κ1) is 14.2. The predicted molar refractivity (Wildman–Crippen MR) is 77.7 cm³/mol. The summed E-state index contributed by atoms with van der Waals surface area (Å²) in [6.45, 7) is 4.35. The van der Waals surface area contributed by atoms with Crippen LogP contribution in [-0.4, -0.2) is 48.3 Å². The van der Waals surface area contributed by atoms with Crippen molar-refractivity contribution in [2.45, 2.75) is 25.9 Å². The number of amides is 1. The van der Waals surface area contributed by atoms with Crippen LogP contribution in [0.4, 0.5) is 0 Å². The highest BCUT2D eigenvalue weighted by molar-refractivity contribution is 5.95. The number of nitrogens with zero attached hydrogens (tertiary/aromatic N) is 1. The summed E-state index contributed by atoms with van der Waals surface area (Å²) >= 11 is 0. The zero-order chi connectivity index (χ0) is 14.8. The molecule has 0 radical (unpaired) electrons. The number of hydrogen-bond donors (Lipinski definition) is 1. The van der Waals surface area contributed by atoms with Gasteiger partial charge in [0.1, 0.15) is 0 Å². The normalized spacial score (nSPS) is 22.8. The molecule has 0 bridgehead atoms. The average Bonchev–Trinajstić information content (AvgIpc) is 2.86. The fourth-order valence-electron chi connectivity index (χ4n) is 2.84. The lowest BCUT2D eigenvalue weighted by molar-refractivity contribution is 0.0762. The van der Waals surface area contributed by atoms with E-state index in [1.54, 1.807) is 30.0 Å². The largest absolute Gasteiger partial charge is 0.490 e. The van der Waals surface area contributed by atoms with Crippen LogP contribution in [0.1, 0.15) is 30.1 Å². The fraction of sp³-hybridized carbons (Fsp3) is 0.562. The van der Waals surface area contributed by atoms with Crippen LogP contribution in [0, 0.1) is 5.92 Å². The highest BCUT2D eigenvalue weighted by Crippen LogP contribution is 2.31. The molecular weight excluding hydrogens is 270 g/mol. The van der Waals surface area contributed by atoms with E-state index in [4.69, 9.17) is 9.47 Å². The lowest BCUT2D eigenvalue weighted by Gasteiger charge is -2.18. The number of aliphatic hydroxyl groups excluding tert-OH is 1. The first-order valence-electron chi connectivity index (χ1n) is 7.52. The molecule has 2 aliphatic rings. The summed E-state index contributed by atoms with van der Waals surface area (Å²) in [5, 5.41) is 9.64. The van der Waals surface area contributed by atoms with Gasteiger partial charge in [0.15, 0.2) is 11.5 Å². The van der Waals surface area contributed by atoms with Crippen molar-refractivity contribution in [3.05, 3.63) is 23.8 Å². The molecule has 1 amide bonds. The lowest BCUT2D eigenvalue weighted by Crippen LogP contribution is -2.30. The number of hydrogen-bond acceptors (Lipinski definition) is 4. The van der Waals surface area contributed by atoms with Crippen LogP contribution in [0.5, 0.6) is 11.5 Å². The Hall–Kier alpha value is -1.75. The van der Waals surface area contributed by atoms with Crippen molar-refractivity contribution in [2.24, 2.45) is 5.92 Å². The minimum atomic E-state index is -0.369. The second-order valence-electron chi connectivity index (χ2n) is 5.75. The number of fused-ring (bicyclic) bond motifs is 1. The number of aliphatic hydroxyl groups is 1. The molecule has 3 rings (SSSR count). The van der Waals surface area contributed by atoms with Crippen LogP contribution >= 0.6 is 0 Å². The molecular formula is C16H21NO4. The summed E-state index contributed by atoms with van der Waals surface area (Å²) in [6.07, 6.45) is 1.33. The molecule has 0 spiro atoms. The monoisotopic (exact) mass is 291 g/mol. The molecule has 0 aliphatic carbocycles. The Balaban J connectivity index is 1.75. The van der Waals surface area contributed by atoms with Gasteiger partial charge in [-0.1, -0.05) is 0 Å². The highest BCUT2D eigenvalue weighted by atomic mass is 16.5. The van der Waals surface area contributed by atoms with Gasteiger partial charge in [0.2, 0.25) is 0 Å². The summed E-state index contributed by atoms with van der Waals surface area (Å²) in [6, 6.07) is 5.35. The van der Waals surface area contributed by atoms with E-state index in [0.717, 1.165) is 12.8 Å². The Morgan fingerprint density at radius 2 is 2.10 bits per heavy atom. The Morgan fingerprint density at radius 3 is 2.81 bits per heavy atom. The number of likely N-dealkylation sites (tertiary alicyclic amines) is 1. The third kappa shape index (κ3) is 2.97. The van der Waals surface area contributed by atoms with Crippen molar-refractivity contribution >= 4 is 5.91 Å². The van der Waals surface area contributed by atoms with Crippen LogP contribution in [0.2, 0.25) is 0 Å². The van der Waals surface area contributed by atoms with E-state index < -0.39 is 0 Å². The van der Waals surface area contributed by atoms with Crippen molar-refractivity contribution in [1.29, 1.82) is 0 Å². The number of ether oxygens (including phenoxy) is 2. The zero-order valence-electron chi connectivity index (χ0n) is 12.2. The average molecular weight is 291 g/mol. The molecule has 1 N–H and O–H groups in total. The fourth-order valence-corrected chi connectivity index (χ4v) is 2.84. The summed E-state index contributed by atoms with van der Waals surface area (Å²) in [7, 11) is 0. The molecule has 2 atom stereocenters. The summed E-state index contributed by atoms with van der Waals surface area (Å²) in [5.41, 5.74) is 0.616. The van der Waals surface area contributed by atoms with Crippen molar-refractivity contribution in [2.75, 3.05) is 26.3 Å². The van der Waals surface area contributed by atoms with E-state index in [0.29, 0.717) is 43.4 Å². The Morgan fingerprint density at radius 1 is 1.33 bits per heavy atom. The number of carbonyl (C=O) groups excluding carboxylic acids is 1. The molecule has 0 aromatic heterocycles. The van der Waals surface area contributed by atoms with Crippen molar-refractivity contribution in [1.82, 2.24) is 4.90 Å². The standard InChI is InChI=1S/C16H21NO4/c1-11(18)13-5-6-17(10-13)16(19)12-3-4-14-15(9-12)21-8-2-7-20-14/h3-4,9,11,13,18H,2,5-8,10H2,1H3. The maximum Gasteiger partial charge on any atom is 0.254 e. The lowest BCUT2D eigenvalue weighted by atomic mass is 10.0. The number of carbonyl (C=O) groups is 1. The zero-order valence-corrected chi connectivity index (χ0v) is 12.2. The molecule has 5 heteroatoms. The second kappa shape index (κ2) is 5.93. The third-order valence-corrected chi connectivity index (χ3v) is 4.19.